The van der Waals surface area contributed by atoms with Gasteiger partial charge in [-0.15, -0.1) is 5.10 Å². The number of amides is 1. The minimum atomic E-state index is -0.0551. The molecule has 3 heterocycles. The van der Waals surface area contributed by atoms with E-state index in [-0.39, 0.29) is 18.7 Å². The van der Waals surface area contributed by atoms with E-state index in [9.17, 15) is 4.79 Å². The van der Waals surface area contributed by atoms with Crippen LogP contribution in [0.15, 0.2) is 18.3 Å². The summed E-state index contributed by atoms with van der Waals surface area (Å²) in [6, 6.07) is 4.31. The van der Waals surface area contributed by atoms with Crippen LogP contribution in [-0.2, 0) is 6.54 Å². The van der Waals surface area contributed by atoms with Crippen LogP contribution in [0.1, 0.15) is 48.8 Å². The van der Waals surface area contributed by atoms with Crippen molar-refractivity contribution >= 4 is 5.91 Å². The van der Waals surface area contributed by atoms with Crippen molar-refractivity contribution in [2.45, 2.75) is 39.3 Å². The van der Waals surface area contributed by atoms with Gasteiger partial charge in [0.25, 0.3) is 5.91 Å². The number of piperidine rings is 1. The second-order valence-electron chi connectivity index (χ2n) is 7.60. The maximum absolute atomic E-state index is 12.5. The van der Waals surface area contributed by atoms with Gasteiger partial charge in [-0.1, -0.05) is 5.21 Å². The Bertz CT molecular complexity index is 888. The Morgan fingerprint density at radius 1 is 1.23 bits per heavy atom. The number of fused-ring (bicyclic) bond motifs is 1. The summed E-state index contributed by atoms with van der Waals surface area (Å²) in [5.41, 5.74) is 1.57. The molecule has 0 bridgehead atoms. The number of ether oxygens (including phenoxy) is 3. The van der Waals surface area contributed by atoms with Gasteiger partial charge in [0.05, 0.1) is 19.3 Å². The fourth-order valence-electron chi connectivity index (χ4n) is 4.10. The number of methoxy groups -OCH3 is 1. The number of aromatic nitrogens is 3. The van der Waals surface area contributed by atoms with Gasteiger partial charge in [-0.25, -0.2) is 4.68 Å². The highest BCUT2D eigenvalue weighted by Crippen LogP contribution is 2.42. The minimum absolute atomic E-state index is 0.0551. The number of hydrogen-bond donors (Lipinski definition) is 0. The van der Waals surface area contributed by atoms with Crippen LogP contribution in [0.4, 0.5) is 0 Å². The van der Waals surface area contributed by atoms with Crippen LogP contribution in [0.5, 0.6) is 17.2 Å². The number of likely N-dealkylation sites (tertiary alicyclic amines) is 1. The predicted octanol–water partition coefficient (Wildman–Crippen LogP) is 2.33. The summed E-state index contributed by atoms with van der Waals surface area (Å²) in [4.78, 5) is 16.6. The van der Waals surface area contributed by atoms with E-state index in [4.69, 9.17) is 14.2 Å². The van der Waals surface area contributed by atoms with E-state index in [2.05, 4.69) is 15.2 Å². The van der Waals surface area contributed by atoms with E-state index in [0.717, 1.165) is 43.8 Å². The molecular weight excluding hydrogens is 386 g/mol. The molecule has 2 aliphatic heterocycles. The van der Waals surface area contributed by atoms with Crippen molar-refractivity contribution in [1.29, 1.82) is 0 Å². The van der Waals surface area contributed by atoms with Crippen molar-refractivity contribution in [1.82, 2.24) is 24.8 Å². The zero-order chi connectivity index (χ0) is 21.1. The van der Waals surface area contributed by atoms with Crippen molar-refractivity contribution in [3.63, 3.8) is 0 Å². The lowest BCUT2D eigenvalue weighted by Gasteiger charge is -2.31. The van der Waals surface area contributed by atoms with E-state index < -0.39 is 0 Å². The fraction of sp³-hybridized carbons (Fsp3) is 0.571. The maximum atomic E-state index is 12.5. The molecule has 1 saturated heterocycles. The maximum Gasteiger partial charge on any atom is 0.276 e. The SMILES string of the molecule is CCN(CC)C(=O)c1cn(C2CCN(Cc3cc(OC)c4c(c3)OCO4)CC2)nn1. The third kappa shape index (κ3) is 4.07. The van der Waals surface area contributed by atoms with Gasteiger partial charge in [-0.3, -0.25) is 9.69 Å². The first kappa shape index (κ1) is 20.5. The van der Waals surface area contributed by atoms with E-state index in [1.165, 1.54) is 0 Å². The summed E-state index contributed by atoms with van der Waals surface area (Å²) < 4.78 is 18.3. The Kier molecular flexibility index (Phi) is 6.08. The minimum Gasteiger partial charge on any atom is -0.493 e. The third-order valence-corrected chi connectivity index (χ3v) is 5.84. The lowest BCUT2D eigenvalue weighted by Crippen LogP contribution is -2.34. The summed E-state index contributed by atoms with van der Waals surface area (Å²) in [6.07, 6.45) is 3.72. The molecule has 9 nitrogen and oxygen atoms in total. The van der Waals surface area contributed by atoms with Crippen molar-refractivity contribution in [2.24, 2.45) is 0 Å². The van der Waals surface area contributed by atoms with E-state index in [1.807, 2.05) is 30.7 Å². The highest BCUT2D eigenvalue weighted by atomic mass is 16.7. The van der Waals surface area contributed by atoms with Crippen LogP contribution in [0.25, 0.3) is 0 Å². The molecule has 0 radical (unpaired) electrons. The summed E-state index contributed by atoms with van der Waals surface area (Å²) in [5.74, 6) is 2.08. The molecule has 4 rings (SSSR count). The number of rotatable bonds is 7. The summed E-state index contributed by atoms with van der Waals surface area (Å²) in [5, 5.41) is 8.35. The van der Waals surface area contributed by atoms with Crippen LogP contribution in [0.3, 0.4) is 0 Å². The normalized spacial score (nSPS) is 16.6. The average molecular weight is 415 g/mol. The largest absolute Gasteiger partial charge is 0.493 e. The second kappa shape index (κ2) is 8.91. The molecule has 2 aromatic rings. The Balaban J connectivity index is 1.35. The van der Waals surface area contributed by atoms with Gasteiger partial charge < -0.3 is 19.1 Å². The van der Waals surface area contributed by atoms with Crippen LogP contribution in [0.2, 0.25) is 0 Å². The molecule has 1 amide bonds. The molecule has 9 heteroatoms. The highest BCUT2D eigenvalue weighted by Gasteiger charge is 2.25. The van der Waals surface area contributed by atoms with Gasteiger partial charge in [0.15, 0.2) is 17.2 Å². The lowest BCUT2D eigenvalue weighted by molar-refractivity contribution is 0.0767. The van der Waals surface area contributed by atoms with Crippen molar-refractivity contribution in [3.8, 4) is 17.2 Å². The van der Waals surface area contributed by atoms with Crippen molar-refractivity contribution < 1.29 is 19.0 Å². The van der Waals surface area contributed by atoms with Crippen LogP contribution >= 0.6 is 0 Å². The van der Waals surface area contributed by atoms with E-state index in [0.29, 0.717) is 30.3 Å². The predicted molar refractivity (Wildman–Crippen MR) is 110 cm³/mol. The van der Waals surface area contributed by atoms with Gasteiger partial charge >= 0.3 is 0 Å². The molecule has 0 aliphatic carbocycles. The molecule has 0 N–H and O–H groups in total. The average Bonchev–Trinajstić information content (AvgIpc) is 3.44. The van der Waals surface area contributed by atoms with Gasteiger partial charge in [0, 0.05) is 32.7 Å². The lowest BCUT2D eigenvalue weighted by atomic mass is 10.0. The molecule has 30 heavy (non-hydrogen) atoms. The van der Waals surface area contributed by atoms with Gasteiger partial charge in [0.1, 0.15) is 0 Å². The number of carbonyl (C=O) groups is 1. The van der Waals surface area contributed by atoms with Crippen molar-refractivity contribution in [3.05, 3.63) is 29.6 Å². The molecular formula is C21H29N5O4. The van der Waals surface area contributed by atoms with Crippen LogP contribution in [-0.4, -0.2) is 70.8 Å². The molecule has 0 saturated carbocycles. The molecule has 1 aromatic heterocycles. The monoisotopic (exact) mass is 415 g/mol. The Morgan fingerprint density at radius 2 is 2.00 bits per heavy atom. The van der Waals surface area contributed by atoms with Gasteiger partial charge in [-0.05, 0) is 44.4 Å². The molecule has 0 atom stereocenters. The molecule has 2 aliphatic rings. The molecule has 162 valence electrons. The van der Waals surface area contributed by atoms with Crippen molar-refractivity contribution in [2.75, 3.05) is 40.1 Å². The first-order chi connectivity index (χ1) is 14.6. The number of benzene rings is 1. The van der Waals surface area contributed by atoms with Crippen LogP contribution in [0, 0.1) is 0 Å². The number of hydrogen-bond acceptors (Lipinski definition) is 7. The Labute approximate surface area is 176 Å². The molecule has 1 aromatic carbocycles. The highest BCUT2D eigenvalue weighted by molar-refractivity contribution is 5.91. The van der Waals surface area contributed by atoms with E-state index in [1.54, 1.807) is 18.2 Å². The molecule has 1 fully saturated rings. The quantitative estimate of drug-likeness (QED) is 0.686. The van der Waals surface area contributed by atoms with Crippen LogP contribution < -0.4 is 14.2 Å². The number of nitrogens with zero attached hydrogens (tertiary/aromatic N) is 5. The second-order valence-corrected chi connectivity index (χ2v) is 7.60. The smallest absolute Gasteiger partial charge is 0.276 e. The Morgan fingerprint density at radius 3 is 2.70 bits per heavy atom. The van der Waals surface area contributed by atoms with Gasteiger partial charge in [0.2, 0.25) is 12.5 Å². The number of carbonyl (C=O) groups excluding carboxylic acids is 1. The Hall–Kier alpha value is -2.81. The third-order valence-electron chi connectivity index (χ3n) is 5.84. The van der Waals surface area contributed by atoms with Gasteiger partial charge in [-0.2, -0.15) is 0 Å². The molecule has 0 unspecified atom stereocenters. The first-order valence-electron chi connectivity index (χ1n) is 10.5. The molecule has 0 spiro atoms. The summed E-state index contributed by atoms with van der Waals surface area (Å²) >= 11 is 0. The summed E-state index contributed by atoms with van der Waals surface area (Å²) in [7, 11) is 1.64. The first-order valence-corrected chi connectivity index (χ1v) is 10.5. The summed E-state index contributed by atoms with van der Waals surface area (Å²) in [6.45, 7) is 8.23. The fourth-order valence-corrected chi connectivity index (χ4v) is 4.10. The zero-order valence-corrected chi connectivity index (χ0v) is 17.8. The standard InChI is InChI=1S/C21H29N5O4/c1-4-25(5-2)21(27)17-13-26(23-22-17)16-6-8-24(9-7-16)12-15-10-18(28-3)20-19(11-15)29-14-30-20/h10-11,13,16H,4-9,12,14H2,1-3H3. The van der Waals surface area contributed by atoms with E-state index >= 15 is 0 Å². The zero-order valence-electron chi connectivity index (χ0n) is 17.8. The topological polar surface area (TPSA) is 82.0 Å².